The standard InChI is InChI=1S/C17H36N2O/c1-13(2)12-19(10-9-18(5)6)16-11-15(14(3)4)7-8-17(16)20/h13-17,20H,7-12H2,1-6H3. The first-order chi connectivity index (χ1) is 9.31. The fourth-order valence-corrected chi connectivity index (χ4v) is 3.35. The second-order valence-electron chi connectivity index (χ2n) is 7.64. The van der Waals surface area contributed by atoms with Crippen LogP contribution in [0.1, 0.15) is 47.0 Å². The highest BCUT2D eigenvalue weighted by molar-refractivity contribution is 4.88. The second-order valence-corrected chi connectivity index (χ2v) is 7.64. The predicted octanol–water partition coefficient (Wildman–Crippen LogP) is 2.69. The smallest absolute Gasteiger partial charge is 0.0695 e. The lowest BCUT2D eigenvalue weighted by Crippen LogP contribution is -2.51. The third-order valence-corrected chi connectivity index (χ3v) is 4.67. The van der Waals surface area contributed by atoms with Crippen molar-refractivity contribution >= 4 is 0 Å². The first-order valence-electron chi connectivity index (χ1n) is 8.38. The highest BCUT2D eigenvalue weighted by Crippen LogP contribution is 2.33. The molecule has 0 aliphatic heterocycles. The van der Waals surface area contributed by atoms with Gasteiger partial charge >= 0.3 is 0 Å². The van der Waals surface area contributed by atoms with Gasteiger partial charge < -0.3 is 10.0 Å². The molecule has 0 radical (unpaired) electrons. The number of hydrogen-bond donors (Lipinski definition) is 1. The Balaban J connectivity index is 2.69. The van der Waals surface area contributed by atoms with E-state index in [0.29, 0.717) is 12.0 Å². The molecule has 0 aromatic heterocycles. The van der Waals surface area contributed by atoms with E-state index >= 15 is 0 Å². The highest BCUT2D eigenvalue weighted by atomic mass is 16.3. The van der Waals surface area contributed by atoms with Crippen molar-refractivity contribution in [2.24, 2.45) is 17.8 Å². The maximum Gasteiger partial charge on any atom is 0.0695 e. The van der Waals surface area contributed by atoms with Gasteiger partial charge in [0, 0.05) is 25.7 Å². The Kier molecular flexibility index (Phi) is 7.49. The summed E-state index contributed by atoms with van der Waals surface area (Å²) < 4.78 is 0. The van der Waals surface area contributed by atoms with Crippen molar-refractivity contribution in [3.8, 4) is 0 Å². The molecule has 20 heavy (non-hydrogen) atoms. The van der Waals surface area contributed by atoms with Crippen molar-refractivity contribution in [2.75, 3.05) is 33.7 Å². The molecule has 120 valence electrons. The normalized spacial score (nSPS) is 28.1. The van der Waals surface area contributed by atoms with Gasteiger partial charge in [0.05, 0.1) is 6.10 Å². The minimum absolute atomic E-state index is 0.133. The molecule has 1 aliphatic carbocycles. The first-order valence-corrected chi connectivity index (χ1v) is 8.38. The van der Waals surface area contributed by atoms with Gasteiger partial charge in [-0.1, -0.05) is 27.7 Å². The van der Waals surface area contributed by atoms with Crippen LogP contribution in [-0.4, -0.2) is 60.8 Å². The quantitative estimate of drug-likeness (QED) is 0.778. The van der Waals surface area contributed by atoms with Crippen molar-refractivity contribution in [3.05, 3.63) is 0 Å². The summed E-state index contributed by atoms with van der Waals surface area (Å²) in [5.41, 5.74) is 0. The van der Waals surface area contributed by atoms with E-state index in [1.807, 2.05) is 0 Å². The Morgan fingerprint density at radius 1 is 1.05 bits per heavy atom. The van der Waals surface area contributed by atoms with Gasteiger partial charge in [-0.2, -0.15) is 0 Å². The molecular weight excluding hydrogens is 248 g/mol. The molecule has 0 bridgehead atoms. The van der Waals surface area contributed by atoms with Gasteiger partial charge in [0.2, 0.25) is 0 Å². The highest BCUT2D eigenvalue weighted by Gasteiger charge is 2.34. The molecule has 0 heterocycles. The van der Waals surface area contributed by atoms with E-state index in [2.05, 4.69) is 51.6 Å². The molecule has 0 saturated heterocycles. The summed E-state index contributed by atoms with van der Waals surface area (Å²) in [6, 6.07) is 0.360. The second kappa shape index (κ2) is 8.35. The summed E-state index contributed by atoms with van der Waals surface area (Å²) in [5.74, 6) is 2.17. The molecule has 1 aliphatic rings. The van der Waals surface area contributed by atoms with Crippen LogP contribution in [0.3, 0.4) is 0 Å². The SMILES string of the molecule is CC(C)CN(CCN(C)C)C1CC(C(C)C)CCC1O. The van der Waals surface area contributed by atoms with E-state index in [4.69, 9.17) is 0 Å². The molecule has 3 atom stereocenters. The van der Waals surface area contributed by atoms with E-state index in [-0.39, 0.29) is 6.10 Å². The van der Waals surface area contributed by atoms with Gasteiger partial charge in [-0.3, -0.25) is 4.90 Å². The van der Waals surface area contributed by atoms with Crippen LogP contribution in [0.25, 0.3) is 0 Å². The average Bonchev–Trinajstić information content (AvgIpc) is 2.34. The number of hydrogen-bond acceptors (Lipinski definition) is 3. The molecule has 0 aromatic rings. The summed E-state index contributed by atoms with van der Waals surface area (Å²) in [4.78, 5) is 4.78. The van der Waals surface area contributed by atoms with Crippen molar-refractivity contribution in [2.45, 2.75) is 59.1 Å². The first kappa shape index (κ1) is 17.9. The van der Waals surface area contributed by atoms with Gasteiger partial charge in [-0.05, 0) is 51.1 Å². The lowest BCUT2D eigenvalue weighted by Gasteiger charge is -2.42. The fraction of sp³-hybridized carbons (Fsp3) is 1.00. The monoisotopic (exact) mass is 284 g/mol. The fourth-order valence-electron chi connectivity index (χ4n) is 3.35. The van der Waals surface area contributed by atoms with E-state index in [9.17, 15) is 5.11 Å². The van der Waals surface area contributed by atoms with Crippen LogP contribution in [0.15, 0.2) is 0 Å². The Labute approximate surface area is 126 Å². The molecule has 1 fully saturated rings. The van der Waals surface area contributed by atoms with E-state index < -0.39 is 0 Å². The van der Waals surface area contributed by atoms with Crippen LogP contribution in [-0.2, 0) is 0 Å². The van der Waals surface area contributed by atoms with Crippen LogP contribution in [0.2, 0.25) is 0 Å². The van der Waals surface area contributed by atoms with Crippen molar-refractivity contribution in [1.82, 2.24) is 9.80 Å². The molecule has 1 saturated carbocycles. The molecule has 1 rings (SSSR count). The van der Waals surface area contributed by atoms with Gasteiger partial charge in [-0.25, -0.2) is 0 Å². The maximum absolute atomic E-state index is 10.5. The van der Waals surface area contributed by atoms with Crippen molar-refractivity contribution < 1.29 is 5.11 Å². The molecule has 3 heteroatoms. The molecule has 0 spiro atoms. The molecule has 0 amide bonds. The van der Waals surface area contributed by atoms with E-state index in [0.717, 1.165) is 37.9 Å². The topological polar surface area (TPSA) is 26.7 Å². The third-order valence-electron chi connectivity index (χ3n) is 4.67. The molecule has 1 N–H and O–H groups in total. The summed E-state index contributed by atoms with van der Waals surface area (Å²) in [5, 5.41) is 10.5. The Hall–Kier alpha value is -0.120. The summed E-state index contributed by atoms with van der Waals surface area (Å²) in [6.45, 7) is 12.4. The van der Waals surface area contributed by atoms with Crippen LogP contribution in [0, 0.1) is 17.8 Å². The molecule has 3 nitrogen and oxygen atoms in total. The minimum atomic E-state index is -0.133. The van der Waals surface area contributed by atoms with Crippen LogP contribution in [0.5, 0.6) is 0 Å². The molecule has 3 unspecified atom stereocenters. The van der Waals surface area contributed by atoms with Gasteiger partial charge in [0.1, 0.15) is 0 Å². The number of aliphatic hydroxyl groups is 1. The Morgan fingerprint density at radius 2 is 1.70 bits per heavy atom. The van der Waals surface area contributed by atoms with Gasteiger partial charge in [0.25, 0.3) is 0 Å². The van der Waals surface area contributed by atoms with Crippen LogP contribution >= 0.6 is 0 Å². The van der Waals surface area contributed by atoms with Crippen molar-refractivity contribution in [1.29, 1.82) is 0 Å². The van der Waals surface area contributed by atoms with E-state index in [1.165, 1.54) is 12.8 Å². The Morgan fingerprint density at radius 3 is 2.20 bits per heavy atom. The minimum Gasteiger partial charge on any atom is -0.391 e. The summed E-state index contributed by atoms with van der Waals surface area (Å²) in [6.07, 6.45) is 3.20. The van der Waals surface area contributed by atoms with Gasteiger partial charge in [-0.15, -0.1) is 0 Å². The molecule has 0 aromatic carbocycles. The zero-order chi connectivity index (χ0) is 15.3. The maximum atomic E-state index is 10.5. The lowest BCUT2D eigenvalue weighted by molar-refractivity contribution is -0.0107. The number of aliphatic hydroxyl groups excluding tert-OH is 1. The molecular formula is C17H36N2O. The average molecular weight is 284 g/mol. The number of nitrogens with zero attached hydrogens (tertiary/aromatic N) is 2. The van der Waals surface area contributed by atoms with Crippen LogP contribution < -0.4 is 0 Å². The van der Waals surface area contributed by atoms with Crippen LogP contribution in [0.4, 0.5) is 0 Å². The lowest BCUT2D eigenvalue weighted by atomic mass is 9.77. The number of likely N-dealkylation sites (N-methyl/N-ethyl adjacent to an activating group) is 1. The zero-order valence-electron chi connectivity index (χ0n) is 14.5. The predicted molar refractivity (Wildman–Crippen MR) is 86.9 cm³/mol. The zero-order valence-corrected chi connectivity index (χ0v) is 14.5. The largest absolute Gasteiger partial charge is 0.391 e. The van der Waals surface area contributed by atoms with Crippen molar-refractivity contribution in [3.63, 3.8) is 0 Å². The summed E-state index contributed by atoms with van der Waals surface area (Å²) in [7, 11) is 4.25. The number of rotatable bonds is 7. The van der Waals surface area contributed by atoms with E-state index in [1.54, 1.807) is 0 Å². The van der Waals surface area contributed by atoms with Gasteiger partial charge in [0.15, 0.2) is 0 Å². The summed E-state index contributed by atoms with van der Waals surface area (Å²) >= 11 is 0. The Bertz CT molecular complexity index is 266. The third kappa shape index (κ3) is 5.71.